The molecule has 1 fully saturated rings. The molecule has 1 heterocycles. The lowest BCUT2D eigenvalue weighted by Gasteiger charge is -2.31. The molecular formula is C19H29N3O3. The van der Waals surface area contributed by atoms with Crippen molar-refractivity contribution in [3.8, 4) is 0 Å². The molecule has 1 aliphatic heterocycles. The van der Waals surface area contributed by atoms with E-state index in [4.69, 9.17) is 4.74 Å². The van der Waals surface area contributed by atoms with Crippen LogP contribution in [0.2, 0.25) is 0 Å². The van der Waals surface area contributed by atoms with E-state index in [1.807, 2.05) is 31.2 Å². The highest BCUT2D eigenvalue weighted by Crippen LogP contribution is 2.12. The van der Waals surface area contributed by atoms with Gasteiger partial charge in [-0.2, -0.15) is 0 Å². The van der Waals surface area contributed by atoms with Gasteiger partial charge in [0, 0.05) is 37.8 Å². The van der Waals surface area contributed by atoms with Crippen molar-refractivity contribution in [1.82, 2.24) is 10.2 Å². The first-order valence-electron chi connectivity index (χ1n) is 9.16. The molecule has 2 N–H and O–H groups in total. The molecule has 6 heteroatoms. The third-order valence-electron chi connectivity index (χ3n) is 4.45. The van der Waals surface area contributed by atoms with Crippen molar-refractivity contribution in [3.63, 3.8) is 0 Å². The van der Waals surface area contributed by atoms with Crippen LogP contribution < -0.4 is 10.6 Å². The van der Waals surface area contributed by atoms with Gasteiger partial charge in [-0.05, 0) is 43.9 Å². The number of carbonyl (C=O) groups excluding carboxylic acids is 2. The zero-order valence-corrected chi connectivity index (χ0v) is 15.2. The highest BCUT2D eigenvalue weighted by Gasteiger charge is 2.23. The highest BCUT2D eigenvalue weighted by molar-refractivity contribution is 5.90. The minimum atomic E-state index is -0.227. The maximum atomic E-state index is 12.0. The van der Waals surface area contributed by atoms with E-state index in [2.05, 4.69) is 17.6 Å². The van der Waals surface area contributed by atoms with Crippen molar-refractivity contribution in [2.24, 2.45) is 0 Å². The molecule has 0 unspecified atom stereocenters. The molecule has 2 amide bonds. The number of nitrogens with zero attached hydrogens (tertiary/aromatic N) is 1. The number of anilines is 1. The average Bonchev–Trinajstić information content (AvgIpc) is 2.63. The predicted molar refractivity (Wildman–Crippen MR) is 98.7 cm³/mol. The van der Waals surface area contributed by atoms with Crippen LogP contribution in [-0.2, 0) is 16.0 Å². The largest absolute Gasteiger partial charge is 0.450 e. The molecule has 0 spiro atoms. The van der Waals surface area contributed by atoms with Crippen molar-refractivity contribution in [1.29, 1.82) is 0 Å². The Labute approximate surface area is 149 Å². The molecule has 0 saturated carbocycles. The SMILES string of the molecule is CCOC(=O)N1CCC(NCCC(=O)Nc2ccc(CC)cc2)CC1. The Morgan fingerprint density at radius 1 is 1.16 bits per heavy atom. The van der Waals surface area contributed by atoms with Gasteiger partial charge in [0.15, 0.2) is 0 Å². The Balaban J connectivity index is 1.62. The third kappa shape index (κ3) is 6.38. The first-order valence-corrected chi connectivity index (χ1v) is 9.16. The third-order valence-corrected chi connectivity index (χ3v) is 4.45. The number of benzene rings is 1. The van der Waals surface area contributed by atoms with Crippen LogP contribution in [0, 0.1) is 0 Å². The zero-order chi connectivity index (χ0) is 18.1. The van der Waals surface area contributed by atoms with E-state index in [1.165, 1.54) is 5.56 Å². The summed E-state index contributed by atoms with van der Waals surface area (Å²) in [6.07, 6.45) is 2.98. The summed E-state index contributed by atoms with van der Waals surface area (Å²) < 4.78 is 5.01. The quantitative estimate of drug-likeness (QED) is 0.796. The number of likely N-dealkylation sites (tertiary alicyclic amines) is 1. The molecule has 0 atom stereocenters. The van der Waals surface area contributed by atoms with Gasteiger partial charge in [-0.1, -0.05) is 19.1 Å². The Morgan fingerprint density at radius 3 is 2.44 bits per heavy atom. The van der Waals surface area contributed by atoms with Crippen molar-refractivity contribution < 1.29 is 14.3 Å². The van der Waals surface area contributed by atoms with E-state index >= 15 is 0 Å². The number of amides is 2. The van der Waals surface area contributed by atoms with Crippen LogP contribution in [-0.4, -0.2) is 49.2 Å². The summed E-state index contributed by atoms with van der Waals surface area (Å²) in [5.74, 6) is 0.0145. The van der Waals surface area contributed by atoms with Crippen molar-refractivity contribution in [3.05, 3.63) is 29.8 Å². The summed E-state index contributed by atoms with van der Waals surface area (Å²) in [6, 6.07) is 8.29. The monoisotopic (exact) mass is 347 g/mol. The Bertz CT molecular complexity index is 552. The van der Waals surface area contributed by atoms with Crippen LogP contribution >= 0.6 is 0 Å². The summed E-state index contributed by atoms with van der Waals surface area (Å²) in [7, 11) is 0. The normalized spacial score (nSPS) is 15.0. The second kappa shape index (κ2) is 10.0. The maximum absolute atomic E-state index is 12.0. The van der Waals surface area contributed by atoms with E-state index < -0.39 is 0 Å². The molecule has 0 aromatic heterocycles. The van der Waals surface area contributed by atoms with E-state index in [0.717, 1.165) is 24.9 Å². The van der Waals surface area contributed by atoms with Crippen LogP contribution in [0.1, 0.15) is 38.7 Å². The Hall–Kier alpha value is -2.08. The number of carbonyl (C=O) groups is 2. The summed E-state index contributed by atoms with van der Waals surface area (Å²) in [6.45, 7) is 6.38. The van der Waals surface area contributed by atoms with E-state index in [9.17, 15) is 9.59 Å². The summed E-state index contributed by atoms with van der Waals surface area (Å²) in [5, 5.41) is 6.33. The second-order valence-electron chi connectivity index (χ2n) is 6.26. The molecule has 1 aliphatic rings. The Kier molecular flexibility index (Phi) is 7.73. The average molecular weight is 347 g/mol. The van der Waals surface area contributed by atoms with Crippen molar-refractivity contribution in [2.75, 3.05) is 31.6 Å². The number of nitrogens with one attached hydrogen (secondary N) is 2. The smallest absolute Gasteiger partial charge is 0.409 e. The van der Waals surface area contributed by atoms with Crippen LogP contribution in [0.15, 0.2) is 24.3 Å². The van der Waals surface area contributed by atoms with Gasteiger partial charge in [0.05, 0.1) is 6.61 Å². The number of hydrogen-bond acceptors (Lipinski definition) is 4. The number of ether oxygens (including phenoxy) is 1. The fourth-order valence-corrected chi connectivity index (χ4v) is 2.92. The molecule has 1 aromatic rings. The van der Waals surface area contributed by atoms with Crippen LogP contribution in [0.4, 0.5) is 10.5 Å². The molecule has 2 rings (SSSR count). The van der Waals surface area contributed by atoms with Gasteiger partial charge in [-0.15, -0.1) is 0 Å². The summed E-state index contributed by atoms with van der Waals surface area (Å²) in [5.41, 5.74) is 2.10. The standard InChI is InChI=1S/C19H29N3O3/c1-3-15-5-7-17(8-6-15)21-18(23)9-12-20-16-10-13-22(14-11-16)19(24)25-4-2/h5-8,16,20H,3-4,9-14H2,1-2H3,(H,21,23). The molecule has 138 valence electrons. The van der Waals surface area contributed by atoms with Gasteiger partial charge in [0.1, 0.15) is 0 Å². The fourth-order valence-electron chi connectivity index (χ4n) is 2.92. The first kappa shape index (κ1) is 19.2. The van der Waals surface area contributed by atoms with Crippen LogP contribution in [0.5, 0.6) is 0 Å². The van der Waals surface area contributed by atoms with Gasteiger partial charge in [0.25, 0.3) is 0 Å². The minimum Gasteiger partial charge on any atom is -0.450 e. The molecule has 0 aliphatic carbocycles. The maximum Gasteiger partial charge on any atom is 0.409 e. The minimum absolute atomic E-state index is 0.0145. The number of rotatable bonds is 7. The molecule has 1 saturated heterocycles. The molecular weight excluding hydrogens is 318 g/mol. The molecule has 25 heavy (non-hydrogen) atoms. The Morgan fingerprint density at radius 2 is 1.84 bits per heavy atom. The van der Waals surface area contributed by atoms with Gasteiger partial charge in [-0.3, -0.25) is 4.79 Å². The lowest BCUT2D eigenvalue weighted by molar-refractivity contribution is -0.116. The number of hydrogen-bond donors (Lipinski definition) is 2. The summed E-state index contributed by atoms with van der Waals surface area (Å²) in [4.78, 5) is 25.4. The molecule has 6 nitrogen and oxygen atoms in total. The van der Waals surface area contributed by atoms with Crippen LogP contribution in [0.25, 0.3) is 0 Å². The van der Waals surface area contributed by atoms with E-state index in [1.54, 1.807) is 4.90 Å². The summed E-state index contributed by atoms with van der Waals surface area (Å²) >= 11 is 0. The number of aryl methyl sites for hydroxylation is 1. The van der Waals surface area contributed by atoms with Crippen molar-refractivity contribution >= 4 is 17.7 Å². The lowest BCUT2D eigenvalue weighted by atomic mass is 10.1. The van der Waals surface area contributed by atoms with Crippen LogP contribution in [0.3, 0.4) is 0 Å². The first-order chi connectivity index (χ1) is 12.1. The van der Waals surface area contributed by atoms with Gasteiger partial charge in [0.2, 0.25) is 5.91 Å². The fraction of sp³-hybridized carbons (Fsp3) is 0.579. The number of piperidine rings is 1. The van der Waals surface area contributed by atoms with Gasteiger partial charge in [-0.25, -0.2) is 4.79 Å². The van der Waals surface area contributed by atoms with E-state index in [-0.39, 0.29) is 12.0 Å². The van der Waals surface area contributed by atoms with Crippen molar-refractivity contribution in [2.45, 2.75) is 45.6 Å². The lowest BCUT2D eigenvalue weighted by Crippen LogP contribution is -2.45. The molecule has 1 aromatic carbocycles. The second-order valence-corrected chi connectivity index (χ2v) is 6.26. The van der Waals surface area contributed by atoms with Gasteiger partial charge >= 0.3 is 6.09 Å². The predicted octanol–water partition coefficient (Wildman–Crippen LogP) is 2.79. The molecule has 0 radical (unpaired) electrons. The highest BCUT2D eigenvalue weighted by atomic mass is 16.6. The van der Waals surface area contributed by atoms with E-state index in [0.29, 0.717) is 38.7 Å². The zero-order valence-electron chi connectivity index (χ0n) is 15.2. The topological polar surface area (TPSA) is 70.7 Å². The molecule has 0 bridgehead atoms. The van der Waals surface area contributed by atoms with Gasteiger partial charge < -0.3 is 20.3 Å².